The van der Waals surface area contributed by atoms with Gasteiger partial charge in [0.15, 0.2) is 9.84 Å². The average molecular weight is 287 g/mol. The van der Waals surface area contributed by atoms with Gasteiger partial charge >= 0.3 is 0 Å². The highest BCUT2D eigenvalue weighted by Crippen LogP contribution is 2.41. The number of amides is 1. The van der Waals surface area contributed by atoms with Crippen molar-refractivity contribution in [3.63, 3.8) is 0 Å². The molecule has 96 valence electrons. The van der Waals surface area contributed by atoms with E-state index >= 15 is 0 Å². The molecule has 1 saturated heterocycles. The predicted octanol–water partition coefficient (Wildman–Crippen LogP) is 0.390. The van der Waals surface area contributed by atoms with Crippen LogP contribution in [-0.4, -0.2) is 26.7 Å². The van der Waals surface area contributed by atoms with Crippen LogP contribution >= 0.6 is 11.6 Å². The lowest BCUT2D eigenvalue weighted by atomic mass is 9.87. The predicted molar refractivity (Wildman–Crippen MR) is 65.9 cm³/mol. The molecule has 0 aromatic heterocycles. The maximum Gasteiger partial charge on any atom is 0.246 e. The summed E-state index contributed by atoms with van der Waals surface area (Å²) in [6.07, 6.45) is 0.231. The number of nitrogens with one attached hydrogen (secondary N) is 2. The van der Waals surface area contributed by atoms with Gasteiger partial charge in [0, 0.05) is 5.56 Å². The number of hydrogen-bond donors (Lipinski definition) is 2. The van der Waals surface area contributed by atoms with E-state index < -0.39 is 15.4 Å². The maximum absolute atomic E-state index is 12.1. The molecule has 1 unspecified atom stereocenters. The van der Waals surface area contributed by atoms with Gasteiger partial charge < -0.3 is 5.32 Å². The van der Waals surface area contributed by atoms with E-state index in [1.807, 2.05) is 0 Å². The van der Waals surface area contributed by atoms with Gasteiger partial charge in [0.2, 0.25) is 5.91 Å². The third kappa shape index (κ3) is 1.43. The van der Waals surface area contributed by atoms with Gasteiger partial charge in [-0.05, 0) is 12.5 Å². The minimum atomic E-state index is -3.41. The molecule has 0 saturated carbocycles. The number of fused-ring (bicyclic) bond motifs is 2. The van der Waals surface area contributed by atoms with Crippen molar-refractivity contribution >= 4 is 27.3 Å². The van der Waals surface area contributed by atoms with Crippen LogP contribution in [0.3, 0.4) is 0 Å². The number of sulfone groups is 1. The number of halogens is 1. The molecule has 1 amide bonds. The molecular formula is C11H11ClN2O3S. The molecule has 0 radical (unpaired) electrons. The Morgan fingerprint density at radius 1 is 1.33 bits per heavy atom. The number of benzene rings is 1. The molecule has 1 aromatic rings. The lowest BCUT2D eigenvalue weighted by molar-refractivity contribution is -0.124. The van der Waals surface area contributed by atoms with Crippen molar-refractivity contribution < 1.29 is 13.2 Å². The van der Waals surface area contributed by atoms with Crippen molar-refractivity contribution in [3.05, 3.63) is 28.8 Å². The molecule has 2 N–H and O–H groups in total. The van der Waals surface area contributed by atoms with Gasteiger partial charge in [-0.25, -0.2) is 8.42 Å². The zero-order valence-corrected chi connectivity index (χ0v) is 10.9. The van der Waals surface area contributed by atoms with Crippen LogP contribution in [0.4, 0.5) is 0 Å². The highest BCUT2D eigenvalue weighted by Gasteiger charge is 2.50. The third-order valence-electron chi connectivity index (χ3n) is 3.51. The Kier molecular flexibility index (Phi) is 2.45. The zero-order valence-electron chi connectivity index (χ0n) is 9.36. The summed E-state index contributed by atoms with van der Waals surface area (Å²) in [7, 11) is -3.41. The first-order valence-electron chi connectivity index (χ1n) is 5.52. The molecule has 1 spiro atoms. The third-order valence-corrected chi connectivity index (χ3v) is 5.74. The molecule has 2 aliphatic heterocycles. The molecule has 1 atom stereocenters. The van der Waals surface area contributed by atoms with E-state index in [-0.39, 0.29) is 28.0 Å². The number of hydrogen-bond acceptors (Lipinski definition) is 4. The Labute approximate surface area is 109 Å². The highest BCUT2D eigenvalue weighted by atomic mass is 35.5. The molecule has 1 fully saturated rings. The van der Waals surface area contributed by atoms with Crippen LogP contribution in [-0.2, 0) is 20.2 Å². The van der Waals surface area contributed by atoms with Crippen molar-refractivity contribution in [1.29, 1.82) is 0 Å². The van der Waals surface area contributed by atoms with Crippen molar-refractivity contribution in [3.8, 4) is 0 Å². The minimum absolute atomic E-state index is 0.0792. The lowest BCUT2D eigenvalue weighted by Crippen LogP contribution is -2.48. The smallest absolute Gasteiger partial charge is 0.246 e. The van der Waals surface area contributed by atoms with E-state index in [4.69, 9.17) is 11.6 Å². The maximum atomic E-state index is 12.1. The quantitative estimate of drug-likeness (QED) is 0.723. The second-order valence-corrected chi connectivity index (χ2v) is 6.90. The van der Waals surface area contributed by atoms with Gasteiger partial charge in [-0.3, -0.25) is 10.1 Å². The Morgan fingerprint density at radius 3 is 2.78 bits per heavy atom. The Bertz CT molecular complexity index is 644. The normalized spacial score (nSPS) is 29.1. The van der Waals surface area contributed by atoms with Crippen molar-refractivity contribution in [2.45, 2.75) is 16.9 Å². The highest BCUT2D eigenvalue weighted by molar-refractivity contribution is 7.91. The van der Waals surface area contributed by atoms with Crippen molar-refractivity contribution in [2.75, 3.05) is 12.4 Å². The minimum Gasteiger partial charge on any atom is -0.342 e. The summed E-state index contributed by atoms with van der Waals surface area (Å²) in [5.41, 5.74) is -0.498. The summed E-state index contributed by atoms with van der Waals surface area (Å²) < 4.78 is 24.2. The largest absolute Gasteiger partial charge is 0.342 e. The van der Waals surface area contributed by atoms with Crippen LogP contribution in [0.5, 0.6) is 0 Å². The summed E-state index contributed by atoms with van der Waals surface area (Å²) >= 11 is 6.00. The molecule has 18 heavy (non-hydrogen) atoms. The van der Waals surface area contributed by atoms with Gasteiger partial charge in [-0.2, -0.15) is 0 Å². The first-order chi connectivity index (χ1) is 8.47. The number of rotatable bonds is 0. The molecule has 2 aliphatic rings. The zero-order chi connectivity index (χ0) is 13.0. The molecule has 7 heteroatoms. The first-order valence-corrected chi connectivity index (χ1v) is 7.55. The van der Waals surface area contributed by atoms with Crippen LogP contribution < -0.4 is 10.6 Å². The molecule has 3 rings (SSSR count). The molecule has 1 aromatic carbocycles. The molecule has 2 heterocycles. The van der Waals surface area contributed by atoms with Crippen LogP contribution in [0.15, 0.2) is 23.1 Å². The van der Waals surface area contributed by atoms with E-state index in [0.29, 0.717) is 12.2 Å². The summed E-state index contributed by atoms with van der Waals surface area (Å²) in [6, 6.07) is 4.84. The topological polar surface area (TPSA) is 75.3 Å². The summed E-state index contributed by atoms with van der Waals surface area (Å²) in [4.78, 5) is 12.1. The standard InChI is InChI=1S/C11H11ClN2O3S/c12-8-3-1-2-7-9(8)18(16,17)5-4-11(7)10(15)13-6-14-11/h1-3,14H,4-6H2,(H,13,15). The fourth-order valence-corrected chi connectivity index (χ4v) is 4.86. The fourth-order valence-electron chi connectivity index (χ4n) is 2.61. The van der Waals surface area contributed by atoms with E-state index in [2.05, 4.69) is 10.6 Å². The molecule has 0 bridgehead atoms. The average Bonchev–Trinajstić information content (AvgIpc) is 2.67. The summed E-state index contributed by atoms with van der Waals surface area (Å²) in [6.45, 7) is 0.338. The van der Waals surface area contributed by atoms with Gasteiger partial charge in [-0.1, -0.05) is 23.7 Å². The second kappa shape index (κ2) is 3.69. The van der Waals surface area contributed by atoms with E-state index in [1.165, 1.54) is 6.07 Å². The monoisotopic (exact) mass is 286 g/mol. The second-order valence-electron chi connectivity index (χ2n) is 4.45. The fraction of sp³-hybridized carbons (Fsp3) is 0.364. The van der Waals surface area contributed by atoms with E-state index in [9.17, 15) is 13.2 Å². The number of carbonyl (C=O) groups is 1. The number of carbonyl (C=O) groups excluding carboxylic acids is 1. The van der Waals surface area contributed by atoms with Gasteiger partial charge in [0.1, 0.15) is 5.54 Å². The Morgan fingerprint density at radius 2 is 2.11 bits per heavy atom. The van der Waals surface area contributed by atoms with Crippen molar-refractivity contribution in [1.82, 2.24) is 10.6 Å². The van der Waals surface area contributed by atoms with Gasteiger partial charge in [-0.15, -0.1) is 0 Å². The Hall–Kier alpha value is -1.11. The summed E-state index contributed by atoms with van der Waals surface area (Å²) in [5.74, 6) is -0.273. The van der Waals surface area contributed by atoms with E-state index in [1.54, 1.807) is 12.1 Å². The Balaban J connectivity index is 2.33. The van der Waals surface area contributed by atoms with Crippen LogP contribution in [0.2, 0.25) is 5.02 Å². The summed E-state index contributed by atoms with van der Waals surface area (Å²) in [5, 5.41) is 5.91. The van der Waals surface area contributed by atoms with Crippen LogP contribution in [0.1, 0.15) is 12.0 Å². The lowest BCUT2D eigenvalue weighted by Gasteiger charge is -2.33. The molecule has 0 aliphatic carbocycles. The molecule has 5 nitrogen and oxygen atoms in total. The van der Waals surface area contributed by atoms with Gasteiger partial charge in [0.25, 0.3) is 0 Å². The van der Waals surface area contributed by atoms with Gasteiger partial charge in [0.05, 0.1) is 22.3 Å². The van der Waals surface area contributed by atoms with E-state index in [0.717, 1.165) is 0 Å². The van der Waals surface area contributed by atoms with Crippen LogP contribution in [0.25, 0.3) is 0 Å². The molecular weight excluding hydrogens is 276 g/mol. The SMILES string of the molecule is O=C1NCNC12CCS(=O)(=O)c1c(Cl)cccc12. The first kappa shape index (κ1) is 12.0. The van der Waals surface area contributed by atoms with Crippen LogP contribution in [0, 0.1) is 0 Å². The van der Waals surface area contributed by atoms with Crippen molar-refractivity contribution in [2.24, 2.45) is 0 Å².